The van der Waals surface area contributed by atoms with Crippen molar-refractivity contribution in [1.82, 2.24) is 10.9 Å². The van der Waals surface area contributed by atoms with Gasteiger partial charge in [0, 0.05) is 16.8 Å². The fourth-order valence-electron chi connectivity index (χ4n) is 2.49. The molecule has 0 aliphatic heterocycles. The van der Waals surface area contributed by atoms with E-state index in [0.29, 0.717) is 10.9 Å². The Balaban J connectivity index is 1.44. The maximum Gasteiger partial charge on any atom is 0.248 e. The number of thiocarbonyl (C=S) groups is 1. The molecule has 0 aliphatic carbocycles. The summed E-state index contributed by atoms with van der Waals surface area (Å²) < 4.78 is 0. The third kappa shape index (κ3) is 5.21. The lowest BCUT2D eigenvalue weighted by Gasteiger charge is -2.13. The summed E-state index contributed by atoms with van der Waals surface area (Å²) in [5.74, 6) is 1.04. The minimum absolute atomic E-state index is 0.118. The Labute approximate surface area is 162 Å². The Bertz CT molecular complexity index is 894. The molecule has 3 aromatic rings. The van der Waals surface area contributed by atoms with Crippen molar-refractivity contribution in [2.75, 3.05) is 11.1 Å². The van der Waals surface area contributed by atoms with Gasteiger partial charge in [0.2, 0.25) is 5.91 Å². The largest absolute Gasteiger partial charge is 0.331 e. The molecule has 132 valence electrons. The molecule has 6 heteroatoms. The minimum Gasteiger partial charge on any atom is -0.331 e. The van der Waals surface area contributed by atoms with Gasteiger partial charge in [0.1, 0.15) is 0 Å². The van der Waals surface area contributed by atoms with E-state index in [4.69, 9.17) is 12.2 Å². The summed E-state index contributed by atoms with van der Waals surface area (Å²) >= 11 is 6.82. The molecule has 0 unspecified atom stereocenters. The van der Waals surface area contributed by atoms with E-state index in [1.54, 1.807) is 11.8 Å². The Morgan fingerprint density at radius 3 is 2.46 bits per heavy atom. The Morgan fingerprint density at radius 1 is 0.885 bits per heavy atom. The number of rotatable bonds is 5. The quantitative estimate of drug-likeness (QED) is 0.459. The number of fused-ring (bicyclic) bond motifs is 1. The van der Waals surface area contributed by atoms with Crippen molar-refractivity contribution in [3.63, 3.8) is 0 Å². The van der Waals surface area contributed by atoms with Crippen LogP contribution in [0.4, 0.5) is 5.69 Å². The predicted octanol–water partition coefficient (Wildman–Crippen LogP) is 4.09. The van der Waals surface area contributed by atoms with Crippen LogP contribution in [0.3, 0.4) is 0 Å². The number of carbonyl (C=O) groups is 1. The van der Waals surface area contributed by atoms with Crippen molar-refractivity contribution in [2.24, 2.45) is 0 Å². The second-order valence-electron chi connectivity index (χ2n) is 5.63. The summed E-state index contributed by atoms with van der Waals surface area (Å²) in [6, 6.07) is 24.1. The lowest BCUT2D eigenvalue weighted by atomic mass is 10.1. The maximum absolute atomic E-state index is 11.9. The van der Waals surface area contributed by atoms with E-state index in [2.05, 4.69) is 16.2 Å². The van der Waals surface area contributed by atoms with Crippen molar-refractivity contribution >= 4 is 51.5 Å². The highest BCUT2D eigenvalue weighted by atomic mass is 32.2. The van der Waals surface area contributed by atoms with E-state index in [0.717, 1.165) is 22.2 Å². The third-order valence-electron chi connectivity index (χ3n) is 3.70. The monoisotopic (exact) mass is 381 g/mol. The van der Waals surface area contributed by atoms with Crippen molar-refractivity contribution < 1.29 is 4.79 Å². The lowest BCUT2D eigenvalue weighted by Crippen LogP contribution is -2.44. The number of thioether (sulfide) groups is 1. The van der Waals surface area contributed by atoms with Crippen molar-refractivity contribution in [3.8, 4) is 0 Å². The van der Waals surface area contributed by atoms with E-state index in [1.807, 2.05) is 72.8 Å². The van der Waals surface area contributed by atoms with E-state index in [9.17, 15) is 4.79 Å². The van der Waals surface area contributed by atoms with Crippen molar-refractivity contribution in [1.29, 1.82) is 0 Å². The van der Waals surface area contributed by atoms with Crippen molar-refractivity contribution in [3.05, 3.63) is 78.4 Å². The van der Waals surface area contributed by atoms with Gasteiger partial charge in [0.25, 0.3) is 0 Å². The summed E-state index contributed by atoms with van der Waals surface area (Å²) in [5, 5.41) is 5.67. The van der Waals surface area contributed by atoms with Gasteiger partial charge in [-0.15, -0.1) is 11.8 Å². The highest BCUT2D eigenvalue weighted by Crippen LogP contribution is 2.22. The van der Waals surface area contributed by atoms with Gasteiger partial charge in [-0.05, 0) is 29.2 Å². The molecule has 1 amide bonds. The van der Waals surface area contributed by atoms with E-state index in [-0.39, 0.29) is 5.91 Å². The first-order valence-corrected chi connectivity index (χ1v) is 9.74. The zero-order valence-electron chi connectivity index (χ0n) is 14.1. The molecule has 0 atom stereocenters. The molecule has 0 bridgehead atoms. The van der Waals surface area contributed by atoms with Crippen LogP contribution in [0.5, 0.6) is 0 Å². The van der Waals surface area contributed by atoms with Crippen LogP contribution in [0, 0.1) is 0 Å². The van der Waals surface area contributed by atoms with E-state index < -0.39 is 0 Å². The fourth-order valence-corrected chi connectivity index (χ4v) is 3.44. The number of anilines is 1. The summed E-state index contributed by atoms with van der Waals surface area (Å²) in [5.41, 5.74) is 7.47. The van der Waals surface area contributed by atoms with Gasteiger partial charge in [-0.2, -0.15) is 0 Å². The highest BCUT2D eigenvalue weighted by Gasteiger charge is 2.05. The van der Waals surface area contributed by atoms with E-state index >= 15 is 0 Å². The van der Waals surface area contributed by atoms with Gasteiger partial charge in [-0.25, -0.2) is 0 Å². The average Bonchev–Trinajstić information content (AvgIpc) is 2.67. The number of nitrogens with one attached hydrogen (secondary N) is 3. The molecule has 4 nitrogen and oxygen atoms in total. The number of hydrogen-bond donors (Lipinski definition) is 3. The van der Waals surface area contributed by atoms with Crippen LogP contribution in [0.2, 0.25) is 0 Å². The third-order valence-corrected chi connectivity index (χ3v) is 4.91. The number of hydrogen-bond acceptors (Lipinski definition) is 3. The molecular formula is C20H19N3OS2. The molecule has 0 spiro atoms. The Hall–Kier alpha value is -2.57. The van der Waals surface area contributed by atoms with Crippen LogP contribution in [0.25, 0.3) is 10.8 Å². The van der Waals surface area contributed by atoms with E-state index in [1.165, 1.54) is 5.56 Å². The normalized spacial score (nSPS) is 10.3. The first kappa shape index (κ1) is 18.2. The number of amides is 1. The van der Waals surface area contributed by atoms with Gasteiger partial charge < -0.3 is 5.32 Å². The predicted molar refractivity (Wildman–Crippen MR) is 114 cm³/mol. The molecule has 0 saturated carbocycles. The van der Waals surface area contributed by atoms with Gasteiger partial charge in [0.05, 0.1) is 5.75 Å². The lowest BCUT2D eigenvalue weighted by molar-refractivity contribution is -0.119. The standard InChI is InChI=1S/C20H19N3OS2/c24-19(14-26-13-15-7-2-1-3-8-15)22-23-20(25)21-18-12-6-10-16-9-4-5-11-17(16)18/h1-12H,13-14H2,(H,22,24)(H2,21,23,25). The summed E-state index contributed by atoms with van der Waals surface area (Å²) in [6.07, 6.45) is 0. The van der Waals surface area contributed by atoms with Crippen LogP contribution in [-0.4, -0.2) is 16.8 Å². The zero-order chi connectivity index (χ0) is 18.2. The molecule has 3 rings (SSSR count). The van der Waals surface area contributed by atoms with Gasteiger partial charge in [-0.1, -0.05) is 66.7 Å². The smallest absolute Gasteiger partial charge is 0.248 e. The SMILES string of the molecule is O=C(CSCc1ccccc1)NNC(=S)Nc1cccc2ccccc12. The van der Waals surface area contributed by atoms with Crippen LogP contribution in [0.15, 0.2) is 72.8 Å². The number of benzene rings is 3. The van der Waals surface area contributed by atoms with Crippen LogP contribution < -0.4 is 16.2 Å². The number of carbonyl (C=O) groups excluding carboxylic acids is 1. The van der Waals surface area contributed by atoms with Crippen molar-refractivity contribution in [2.45, 2.75) is 5.75 Å². The molecule has 0 radical (unpaired) electrons. The van der Waals surface area contributed by atoms with Gasteiger partial charge in [0.15, 0.2) is 5.11 Å². The molecular weight excluding hydrogens is 362 g/mol. The van der Waals surface area contributed by atoms with Gasteiger partial charge in [-0.3, -0.25) is 15.6 Å². The van der Waals surface area contributed by atoms with Gasteiger partial charge >= 0.3 is 0 Å². The van der Waals surface area contributed by atoms with Crippen LogP contribution in [-0.2, 0) is 10.5 Å². The molecule has 26 heavy (non-hydrogen) atoms. The summed E-state index contributed by atoms with van der Waals surface area (Å²) in [6.45, 7) is 0. The molecule has 3 aromatic carbocycles. The second kappa shape index (κ2) is 9.22. The molecule has 0 aromatic heterocycles. The Morgan fingerprint density at radius 2 is 1.62 bits per heavy atom. The fraction of sp³-hybridized carbons (Fsp3) is 0.100. The zero-order valence-corrected chi connectivity index (χ0v) is 15.7. The molecule has 0 heterocycles. The molecule has 0 aliphatic rings. The molecule has 3 N–H and O–H groups in total. The van der Waals surface area contributed by atoms with Crippen LogP contribution >= 0.6 is 24.0 Å². The summed E-state index contributed by atoms with van der Waals surface area (Å²) in [7, 11) is 0. The second-order valence-corrected chi connectivity index (χ2v) is 7.03. The molecule has 0 fully saturated rings. The average molecular weight is 382 g/mol. The summed E-state index contributed by atoms with van der Waals surface area (Å²) in [4.78, 5) is 11.9. The van der Waals surface area contributed by atoms with Crippen LogP contribution in [0.1, 0.15) is 5.56 Å². The Kier molecular flexibility index (Phi) is 6.46. The minimum atomic E-state index is -0.118. The maximum atomic E-state index is 11.9. The topological polar surface area (TPSA) is 53.2 Å². The first-order valence-electron chi connectivity index (χ1n) is 8.17. The molecule has 0 saturated heterocycles. The highest BCUT2D eigenvalue weighted by molar-refractivity contribution is 7.99. The first-order chi connectivity index (χ1) is 12.7. The number of hydrazine groups is 1.